The lowest BCUT2D eigenvalue weighted by atomic mass is 9.82. The molecular weight excluding hydrogens is 278 g/mol. The minimum Gasteiger partial charge on any atom is -0.479 e. The number of carboxylic acid groups (broad SMARTS) is 1. The van der Waals surface area contributed by atoms with Gasteiger partial charge in [-0.05, 0) is 32.6 Å². The average molecular weight is 305 g/mol. The summed E-state index contributed by atoms with van der Waals surface area (Å²) < 4.78 is 9.96. The lowest BCUT2D eigenvalue weighted by Gasteiger charge is -2.34. The zero-order valence-corrected chi connectivity index (χ0v) is 13.9. The topological polar surface area (TPSA) is 94.1 Å². The first kappa shape index (κ1) is 19.7. The third-order valence-electron chi connectivity index (χ3n) is 2.31. The number of amides is 1. The number of hydroxylamine groups is 1. The molecule has 0 unspecified atom stereocenters. The van der Waals surface area contributed by atoms with Crippen molar-refractivity contribution in [2.45, 2.75) is 59.2 Å². The van der Waals surface area contributed by atoms with Crippen molar-refractivity contribution in [2.24, 2.45) is 5.41 Å². The van der Waals surface area contributed by atoms with E-state index in [-0.39, 0.29) is 18.4 Å². The molecular formula is C14H27NO6. The van der Waals surface area contributed by atoms with Gasteiger partial charge in [-0.15, -0.1) is 0 Å². The van der Waals surface area contributed by atoms with Crippen molar-refractivity contribution in [1.29, 1.82) is 0 Å². The molecule has 0 aliphatic rings. The highest BCUT2D eigenvalue weighted by Gasteiger charge is 2.45. The molecule has 0 aromatic rings. The van der Waals surface area contributed by atoms with E-state index in [4.69, 9.17) is 14.3 Å². The lowest BCUT2D eigenvalue weighted by Crippen LogP contribution is -2.52. The molecule has 0 spiro atoms. The molecule has 7 nitrogen and oxygen atoms in total. The van der Waals surface area contributed by atoms with Crippen molar-refractivity contribution >= 4 is 12.1 Å². The standard InChI is InChI=1S/C14H27NO6/c1-12(2,3)8-14(9-19-7,10(16)17)21-15-11(18)20-13(4,5)6/h8-9H2,1-7H3,(H,15,18)(H,16,17)/t14-/m0/s1. The van der Waals surface area contributed by atoms with E-state index >= 15 is 0 Å². The Kier molecular flexibility index (Phi) is 6.63. The van der Waals surface area contributed by atoms with Crippen LogP contribution in [0.25, 0.3) is 0 Å². The van der Waals surface area contributed by atoms with Gasteiger partial charge in [-0.3, -0.25) is 0 Å². The van der Waals surface area contributed by atoms with E-state index in [1.807, 2.05) is 26.3 Å². The molecule has 0 saturated heterocycles. The number of carboxylic acids is 1. The number of methoxy groups -OCH3 is 1. The van der Waals surface area contributed by atoms with Gasteiger partial charge in [0.2, 0.25) is 5.60 Å². The number of hydrogen-bond donors (Lipinski definition) is 2. The normalized spacial score (nSPS) is 15.2. The van der Waals surface area contributed by atoms with Crippen LogP contribution in [0.2, 0.25) is 0 Å². The van der Waals surface area contributed by atoms with Crippen molar-refractivity contribution < 1.29 is 29.0 Å². The van der Waals surface area contributed by atoms with Crippen molar-refractivity contribution in [3.8, 4) is 0 Å². The molecule has 7 heteroatoms. The highest BCUT2D eigenvalue weighted by molar-refractivity contribution is 5.78. The number of aliphatic carboxylic acids is 1. The summed E-state index contributed by atoms with van der Waals surface area (Å²) in [5.41, 5.74) is -0.674. The molecule has 0 radical (unpaired) electrons. The number of carbonyl (C=O) groups is 2. The van der Waals surface area contributed by atoms with Gasteiger partial charge in [0.05, 0.1) is 6.61 Å². The molecule has 0 fully saturated rings. The first-order valence-electron chi connectivity index (χ1n) is 6.71. The van der Waals surface area contributed by atoms with E-state index < -0.39 is 23.3 Å². The SMILES string of the molecule is COC[C@](CC(C)(C)C)(ONC(=O)OC(C)(C)C)C(=O)O. The minimum absolute atomic E-state index is 0.152. The zero-order chi connectivity index (χ0) is 16.9. The fraction of sp³-hybridized carbons (Fsp3) is 0.857. The highest BCUT2D eigenvalue weighted by atomic mass is 16.7. The number of rotatable bonds is 6. The Labute approximate surface area is 125 Å². The molecule has 2 N–H and O–H groups in total. The highest BCUT2D eigenvalue weighted by Crippen LogP contribution is 2.30. The largest absolute Gasteiger partial charge is 0.479 e. The molecule has 21 heavy (non-hydrogen) atoms. The number of hydrogen-bond acceptors (Lipinski definition) is 5. The maximum absolute atomic E-state index is 11.6. The van der Waals surface area contributed by atoms with Crippen molar-refractivity contribution in [3.63, 3.8) is 0 Å². The monoisotopic (exact) mass is 305 g/mol. The second-order valence-electron chi connectivity index (χ2n) is 7.18. The maximum atomic E-state index is 11.6. The molecule has 0 aliphatic carbocycles. The van der Waals surface area contributed by atoms with Gasteiger partial charge in [-0.25, -0.2) is 14.4 Å². The second-order valence-corrected chi connectivity index (χ2v) is 7.18. The smallest absolute Gasteiger partial charge is 0.431 e. The van der Waals surface area contributed by atoms with Crippen LogP contribution in [0.4, 0.5) is 4.79 Å². The summed E-state index contributed by atoms with van der Waals surface area (Å²) in [6.07, 6.45) is -0.697. The Morgan fingerprint density at radius 3 is 1.95 bits per heavy atom. The van der Waals surface area contributed by atoms with Crippen molar-refractivity contribution in [2.75, 3.05) is 13.7 Å². The fourth-order valence-electron chi connectivity index (χ4n) is 1.83. The Morgan fingerprint density at radius 2 is 1.62 bits per heavy atom. The van der Waals surface area contributed by atoms with E-state index in [9.17, 15) is 14.7 Å². The van der Waals surface area contributed by atoms with Gasteiger partial charge in [0.25, 0.3) is 0 Å². The fourth-order valence-corrected chi connectivity index (χ4v) is 1.83. The first-order chi connectivity index (χ1) is 9.31. The summed E-state index contributed by atoms with van der Waals surface area (Å²) >= 11 is 0. The molecule has 0 aliphatic heterocycles. The minimum atomic E-state index is -1.68. The van der Waals surface area contributed by atoms with Gasteiger partial charge in [-0.2, -0.15) is 5.48 Å². The van der Waals surface area contributed by atoms with Crippen molar-refractivity contribution in [3.05, 3.63) is 0 Å². The summed E-state index contributed by atoms with van der Waals surface area (Å²) in [6.45, 7) is 10.5. The van der Waals surface area contributed by atoms with Crippen LogP contribution >= 0.6 is 0 Å². The molecule has 0 aromatic carbocycles. The van der Waals surface area contributed by atoms with Gasteiger partial charge in [0, 0.05) is 7.11 Å². The second kappa shape index (κ2) is 7.09. The molecule has 1 amide bonds. The van der Waals surface area contributed by atoms with E-state index in [1.165, 1.54) is 7.11 Å². The van der Waals surface area contributed by atoms with Crippen LogP contribution in [-0.4, -0.2) is 42.1 Å². The number of nitrogens with one attached hydrogen (secondary N) is 1. The van der Waals surface area contributed by atoms with Gasteiger partial charge in [0.15, 0.2) is 0 Å². The van der Waals surface area contributed by atoms with E-state index in [2.05, 4.69) is 0 Å². The van der Waals surface area contributed by atoms with Gasteiger partial charge < -0.3 is 14.6 Å². The van der Waals surface area contributed by atoms with Crippen LogP contribution in [0.3, 0.4) is 0 Å². The summed E-state index contributed by atoms with van der Waals surface area (Å²) in [5.74, 6) is -1.21. The van der Waals surface area contributed by atoms with Crippen LogP contribution in [-0.2, 0) is 19.1 Å². The molecule has 0 bridgehead atoms. The predicted molar refractivity (Wildman–Crippen MR) is 76.8 cm³/mol. The molecule has 0 rings (SSSR count). The third kappa shape index (κ3) is 7.87. The summed E-state index contributed by atoms with van der Waals surface area (Å²) in [4.78, 5) is 28.4. The Balaban J connectivity index is 4.98. The van der Waals surface area contributed by atoms with Crippen LogP contribution < -0.4 is 5.48 Å². The van der Waals surface area contributed by atoms with E-state index in [0.717, 1.165) is 0 Å². The Hall–Kier alpha value is -1.34. The quantitative estimate of drug-likeness (QED) is 0.732. The van der Waals surface area contributed by atoms with Crippen molar-refractivity contribution in [1.82, 2.24) is 5.48 Å². The van der Waals surface area contributed by atoms with Crippen LogP contribution in [0.1, 0.15) is 48.0 Å². The van der Waals surface area contributed by atoms with Gasteiger partial charge in [0.1, 0.15) is 5.60 Å². The maximum Gasteiger partial charge on any atom is 0.431 e. The Morgan fingerprint density at radius 1 is 1.10 bits per heavy atom. The van der Waals surface area contributed by atoms with E-state index in [0.29, 0.717) is 0 Å². The Bertz CT molecular complexity index is 369. The summed E-state index contributed by atoms with van der Waals surface area (Å²) in [6, 6.07) is 0. The van der Waals surface area contributed by atoms with Crippen LogP contribution in [0.15, 0.2) is 0 Å². The average Bonchev–Trinajstić information content (AvgIpc) is 2.21. The third-order valence-corrected chi connectivity index (χ3v) is 2.31. The molecule has 0 saturated carbocycles. The van der Waals surface area contributed by atoms with E-state index in [1.54, 1.807) is 20.8 Å². The lowest BCUT2D eigenvalue weighted by molar-refractivity contribution is -0.191. The molecule has 0 aromatic heterocycles. The van der Waals surface area contributed by atoms with Crippen LogP contribution in [0, 0.1) is 5.41 Å². The number of ether oxygens (including phenoxy) is 2. The molecule has 0 heterocycles. The summed E-state index contributed by atoms with van der Waals surface area (Å²) in [7, 11) is 1.37. The van der Waals surface area contributed by atoms with Gasteiger partial charge >= 0.3 is 12.1 Å². The molecule has 124 valence electrons. The first-order valence-corrected chi connectivity index (χ1v) is 6.71. The summed E-state index contributed by atoms with van der Waals surface area (Å²) in [5, 5.41) is 9.47. The predicted octanol–water partition coefficient (Wildman–Crippen LogP) is 2.35. The zero-order valence-electron chi connectivity index (χ0n) is 13.9. The number of carbonyl (C=O) groups excluding carboxylic acids is 1. The van der Waals surface area contributed by atoms with Gasteiger partial charge in [-0.1, -0.05) is 20.8 Å². The van der Waals surface area contributed by atoms with Crippen LogP contribution in [0.5, 0.6) is 0 Å². The molecule has 1 atom stereocenters.